The van der Waals surface area contributed by atoms with Crippen molar-refractivity contribution in [1.29, 1.82) is 0 Å². The maximum absolute atomic E-state index is 11.0. The predicted octanol–water partition coefficient (Wildman–Crippen LogP) is -2.46. The normalized spacial score (nSPS) is 31.8. The summed E-state index contributed by atoms with van der Waals surface area (Å²) in [6, 6.07) is 0.594. The number of halogens is 1. The van der Waals surface area contributed by atoms with Gasteiger partial charge in [-0.05, 0) is 25.7 Å². The molecule has 136 valence electrons. The first-order valence-electron chi connectivity index (χ1n) is 8.79. The fourth-order valence-corrected chi connectivity index (χ4v) is 4.26. The van der Waals surface area contributed by atoms with E-state index in [1.165, 1.54) is 34.0 Å². The Labute approximate surface area is 153 Å². The molecule has 0 aromatic heterocycles. The maximum Gasteiger partial charge on any atom is 0.407 e. The zero-order valence-electron chi connectivity index (χ0n) is 14.1. The number of fused-ring (bicyclic) bond motifs is 1. The van der Waals surface area contributed by atoms with Gasteiger partial charge in [-0.25, -0.2) is 14.7 Å². The minimum Gasteiger partial charge on any atom is -1.00 e. The van der Waals surface area contributed by atoms with Crippen LogP contribution in [-0.2, 0) is 0 Å². The van der Waals surface area contributed by atoms with Crippen LogP contribution in [0, 0.1) is 5.92 Å². The van der Waals surface area contributed by atoms with E-state index in [4.69, 9.17) is 5.11 Å². The molecule has 0 bridgehead atoms. The van der Waals surface area contributed by atoms with E-state index in [0.29, 0.717) is 25.0 Å². The van der Waals surface area contributed by atoms with Crippen LogP contribution in [0.5, 0.6) is 0 Å². The second-order valence-electron chi connectivity index (χ2n) is 6.92. The van der Waals surface area contributed by atoms with Crippen LogP contribution in [-0.4, -0.2) is 65.8 Å². The van der Waals surface area contributed by atoms with Gasteiger partial charge in [-0.2, -0.15) is 0 Å². The van der Waals surface area contributed by atoms with Gasteiger partial charge in [-0.1, -0.05) is 0 Å². The molecule has 0 radical (unpaired) electrons. The maximum atomic E-state index is 11.0. The molecule has 1 atom stereocenters. The van der Waals surface area contributed by atoms with Gasteiger partial charge >= 0.3 is 6.09 Å². The average molecular weight is 366 g/mol. The minimum absolute atomic E-state index is 0. The number of piperazine rings is 1. The lowest BCUT2D eigenvalue weighted by Gasteiger charge is -2.41. The van der Waals surface area contributed by atoms with E-state index in [1.807, 2.05) is 25.0 Å². The molecule has 2 fully saturated rings. The van der Waals surface area contributed by atoms with E-state index in [0.717, 1.165) is 25.9 Å². The summed E-state index contributed by atoms with van der Waals surface area (Å²) in [5.74, 6) is 0.531. The summed E-state index contributed by atoms with van der Waals surface area (Å²) in [7, 11) is 0. The molecule has 0 aromatic carbocycles. The number of nitrogens with one attached hydrogen (secondary N) is 1. The lowest BCUT2D eigenvalue weighted by atomic mass is 9.82. The Hall–Kier alpha value is -1.70. The number of rotatable bonds is 2. The molecule has 25 heavy (non-hydrogen) atoms. The number of hydrogen-bond acceptors (Lipinski definition) is 4. The third-order valence-electron chi connectivity index (χ3n) is 5.66. The molecule has 4 rings (SSSR count). The number of aliphatic imine (C=N–C) groups is 2. The Bertz CT molecular complexity index is 629. The monoisotopic (exact) mass is 365 g/mol. The van der Waals surface area contributed by atoms with Crippen LogP contribution in [0.2, 0.25) is 0 Å². The molecule has 1 unspecified atom stereocenters. The molecule has 1 saturated carbocycles. The molecule has 1 amide bonds. The zero-order valence-corrected chi connectivity index (χ0v) is 14.9. The summed E-state index contributed by atoms with van der Waals surface area (Å²) in [5.41, 5.74) is 2.42. The van der Waals surface area contributed by atoms with E-state index in [1.54, 1.807) is 0 Å². The van der Waals surface area contributed by atoms with Crippen molar-refractivity contribution in [2.75, 3.05) is 26.2 Å². The van der Waals surface area contributed by atoms with Crippen molar-refractivity contribution in [2.24, 2.45) is 15.9 Å². The molecule has 0 aromatic rings. The van der Waals surface area contributed by atoms with Gasteiger partial charge in [0.05, 0.1) is 12.4 Å². The third kappa shape index (κ3) is 3.63. The molecule has 0 spiro atoms. The van der Waals surface area contributed by atoms with Crippen molar-refractivity contribution in [3.8, 4) is 0 Å². The number of carboxylic acid groups (broad SMARTS) is 1. The number of amides is 1. The molecule has 7 nitrogen and oxygen atoms in total. The van der Waals surface area contributed by atoms with Gasteiger partial charge in [0.15, 0.2) is 12.0 Å². The second kappa shape index (κ2) is 7.68. The van der Waals surface area contributed by atoms with Crippen LogP contribution in [0.25, 0.3) is 0 Å². The molecule has 3 aliphatic heterocycles. The molecule has 8 heteroatoms. The Morgan fingerprint density at radius 1 is 1.16 bits per heavy atom. The third-order valence-corrected chi connectivity index (χ3v) is 5.66. The quantitative estimate of drug-likeness (QED) is 0.570. The van der Waals surface area contributed by atoms with Crippen LogP contribution < -0.4 is 17.3 Å². The van der Waals surface area contributed by atoms with Crippen LogP contribution in [0.3, 0.4) is 0 Å². The number of allylic oxidation sites excluding steroid dienone is 2. The SMILES string of the molecule is O=C(O)N1CCN(C2CCC(C3=C4C=NC=C[NH+]4C=N3)CC2)CC1.[Cl-]. The highest BCUT2D eigenvalue weighted by Crippen LogP contribution is 2.34. The largest absolute Gasteiger partial charge is 1.00 e. The van der Waals surface area contributed by atoms with Crippen molar-refractivity contribution >= 4 is 18.6 Å². The van der Waals surface area contributed by atoms with Crippen molar-refractivity contribution < 1.29 is 27.2 Å². The standard InChI is InChI=1S/C17H23N5O2.ClH/c23-17(24)21-9-7-20(8-10-21)14-3-1-13(2-4-14)16-15-11-18-5-6-22(15)12-19-16;/h5-6,11-14H,1-4,7-10H2,(H,23,24);1H. The molecule has 2 N–H and O–H groups in total. The van der Waals surface area contributed by atoms with Gasteiger partial charge in [-0.15, -0.1) is 0 Å². The summed E-state index contributed by atoms with van der Waals surface area (Å²) in [5, 5.41) is 9.06. The Balaban J connectivity index is 0.00000182. The summed E-state index contributed by atoms with van der Waals surface area (Å²) >= 11 is 0. The lowest BCUT2D eigenvalue weighted by Crippen LogP contribution is -3.04. The summed E-state index contributed by atoms with van der Waals surface area (Å²) in [6.45, 7) is 3.00. The van der Waals surface area contributed by atoms with Gasteiger partial charge in [0, 0.05) is 38.1 Å². The molecule has 1 aliphatic carbocycles. The molecular formula is C17H24ClN5O2. The fraction of sp³-hybridized carbons (Fsp3) is 0.588. The van der Waals surface area contributed by atoms with Crippen LogP contribution in [0.4, 0.5) is 4.79 Å². The van der Waals surface area contributed by atoms with Crippen molar-refractivity contribution in [3.05, 3.63) is 23.8 Å². The van der Waals surface area contributed by atoms with Crippen molar-refractivity contribution in [1.82, 2.24) is 9.80 Å². The molecule has 3 heterocycles. The Kier molecular flexibility index (Phi) is 5.56. The van der Waals surface area contributed by atoms with E-state index < -0.39 is 6.09 Å². The first-order valence-corrected chi connectivity index (χ1v) is 8.79. The molecular weight excluding hydrogens is 342 g/mol. The van der Waals surface area contributed by atoms with Crippen LogP contribution in [0.15, 0.2) is 33.8 Å². The van der Waals surface area contributed by atoms with E-state index in [2.05, 4.69) is 14.9 Å². The van der Waals surface area contributed by atoms with Gasteiger partial charge < -0.3 is 22.4 Å². The summed E-state index contributed by atoms with van der Waals surface area (Å²) < 4.78 is 0. The predicted molar refractivity (Wildman–Crippen MR) is 91.0 cm³/mol. The first-order chi connectivity index (χ1) is 11.7. The zero-order chi connectivity index (χ0) is 16.5. The van der Waals surface area contributed by atoms with Crippen LogP contribution in [0.1, 0.15) is 25.7 Å². The number of nitrogens with zero attached hydrogens (tertiary/aromatic N) is 4. The lowest BCUT2D eigenvalue weighted by molar-refractivity contribution is -0.682. The smallest absolute Gasteiger partial charge is 0.407 e. The average Bonchev–Trinajstić information content (AvgIpc) is 3.06. The number of carbonyl (C=O) groups is 1. The van der Waals surface area contributed by atoms with E-state index >= 15 is 0 Å². The number of quaternary nitrogens is 1. The summed E-state index contributed by atoms with van der Waals surface area (Å²) in [6.07, 6.45) is 11.6. The topological polar surface area (TPSA) is 72.9 Å². The van der Waals surface area contributed by atoms with Crippen LogP contribution >= 0.6 is 0 Å². The van der Waals surface area contributed by atoms with E-state index in [-0.39, 0.29) is 12.4 Å². The summed E-state index contributed by atoms with van der Waals surface area (Å²) in [4.78, 5) is 25.1. The van der Waals surface area contributed by atoms with Crippen molar-refractivity contribution in [2.45, 2.75) is 31.7 Å². The highest BCUT2D eigenvalue weighted by atomic mass is 35.5. The molecule has 1 saturated heterocycles. The van der Waals surface area contributed by atoms with Gasteiger partial charge in [-0.3, -0.25) is 9.89 Å². The Morgan fingerprint density at radius 2 is 1.88 bits per heavy atom. The highest BCUT2D eigenvalue weighted by molar-refractivity contribution is 5.81. The second-order valence-corrected chi connectivity index (χ2v) is 6.92. The molecule has 4 aliphatic rings. The van der Waals surface area contributed by atoms with Gasteiger partial charge in [0.25, 0.3) is 0 Å². The van der Waals surface area contributed by atoms with Crippen molar-refractivity contribution in [3.63, 3.8) is 0 Å². The fourth-order valence-electron chi connectivity index (χ4n) is 4.26. The minimum atomic E-state index is -0.791. The van der Waals surface area contributed by atoms with Gasteiger partial charge in [0.1, 0.15) is 11.9 Å². The highest BCUT2D eigenvalue weighted by Gasteiger charge is 2.34. The number of hydrogen-bond donors (Lipinski definition) is 2. The Morgan fingerprint density at radius 3 is 2.56 bits per heavy atom. The first kappa shape index (κ1) is 18.1. The van der Waals surface area contributed by atoms with Gasteiger partial charge in [0.2, 0.25) is 0 Å². The van der Waals surface area contributed by atoms with E-state index in [9.17, 15) is 4.79 Å².